The maximum Gasteiger partial charge on any atom is 0.262 e. The van der Waals surface area contributed by atoms with Crippen molar-refractivity contribution in [1.82, 2.24) is 30.0 Å². The van der Waals surface area contributed by atoms with Crippen molar-refractivity contribution >= 4 is 46.9 Å². The zero-order valence-electron chi connectivity index (χ0n) is 35.1. The quantitative estimate of drug-likeness (QED) is 0.201. The van der Waals surface area contributed by atoms with Gasteiger partial charge in [-0.25, -0.2) is 9.97 Å². The fraction of sp³-hybridized carbons (Fsp3) is 0.426. The molecule has 0 radical (unpaired) electrons. The Kier molecular flexibility index (Phi) is 11.4. The number of rotatable bonds is 11. The minimum atomic E-state index is -0.962. The molecule has 4 amide bonds. The van der Waals surface area contributed by atoms with Crippen molar-refractivity contribution in [1.29, 1.82) is 5.26 Å². The van der Waals surface area contributed by atoms with E-state index in [9.17, 15) is 24.4 Å². The Morgan fingerprint density at radius 2 is 1.58 bits per heavy atom. The molecule has 1 N–H and O–H groups in total. The minimum Gasteiger partial charge on any atom is -0.487 e. The number of likely N-dealkylation sites (tertiary alicyclic amines) is 1. The van der Waals surface area contributed by atoms with E-state index in [1.54, 1.807) is 18.2 Å². The van der Waals surface area contributed by atoms with Crippen LogP contribution in [0.2, 0.25) is 5.02 Å². The van der Waals surface area contributed by atoms with Gasteiger partial charge in [-0.1, -0.05) is 37.6 Å². The van der Waals surface area contributed by atoms with Gasteiger partial charge in [0.05, 0.1) is 28.5 Å². The summed E-state index contributed by atoms with van der Waals surface area (Å²) in [6.45, 7) is 13.2. The van der Waals surface area contributed by atoms with Gasteiger partial charge < -0.3 is 19.4 Å². The Morgan fingerprint density at radius 1 is 0.839 bits per heavy atom. The first-order chi connectivity index (χ1) is 29.9. The van der Waals surface area contributed by atoms with Crippen LogP contribution < -0.4 is 19.9 Å². The van der Waals surface area contributed by atoms with E-state index in [2.05, 4.69) is 61.9 Å². The number of carbonyl (C=O) groups excluding carboxylic acids is 4. The van der Waals surface area contributed by atoms with Crippen LogP contribution in [0.25, 0.3) is 0 Å². The Morgan fingerprint density at radius 3 is 2.31 bits per heavy atom. The predicted octanol–water partition coefficient (Wildman–Crippen LogP) is 5.03. The molecule has 0 spiro atoms. The fourth-order valence-electron chi connectivity index (χ4n) is 9.60. The van der Waals surface area contributed by atoms with Crippen molar-refractivity contribution < 1.29 is 23.9 Å². The number of hydrogen-bond donors (Lipinski definition) is 1. The Balaban J connectivity index is 0.701. The van der Waals surface area contributed by atoms with Crippen molar-refractivity contribution in [3.05, 3.63) is 111 Å². The summed E-state index contributed by atoms with van der Waals surface area (Å²) in [6.07, 6.45) is 4.34. The Labute approximate surface area is 366 Å². The molecule has 62 heavy (non-hydrogen) atoms. The first-order valence-electron chi connectivity index (χ1n) is 21.5. The van der Waals surface area contributed by atoms with E-state index in [-0.39, 0.29) is 24.2 Å². The topological polar surface area (TPSA) is 155 Å². The zero-order valence-corrected chi connectivity index (χ0v) is 35.8. The summed E-state index contributed by atoms with van der Waals surface area (Å²) in [5.74, 6) is 0.0782. The van der Waals surface area contributed by atoms with E-state index in [1.165, 1.54) is 0 Å². The lowest BCUT2D eigenvalue weighted by Gasteiger charge is -2.46. The summed E-state index contributed by atoms with van der Waals surface area (Å²) >= 11 is 6.31. The maximum atomic E-state index is 13.3. The molecule has 4 aromatic rings. The van der Waals surface area contributed by atoms with Gasteiger partial charge in [0.1, 0.15) is 18.4 Å². The monoisotopic (exact) mass is 855 g/mol. The molecule has 3 aromatic carbocycles. The number of imide groups is 2. The van der Waals surface area contributed by atoms with E-state index in [0.29, 0.717) is 40.3 Å². The molecule has 320 valence electrons. The van der Waals surface area contributed by atoms with Gasteiger partial charge in [-0.2, -0.15) is 5.26 Å². The van der Waals surface area contributed by atoms with Gasteiger partial charge in [-0.05, 0) is 98.1 Å². The van der Waals surface area contributed by atoms with Gasteiger partial charge in [0, 0.05) is 86.5 Å². The molecule has 1 aromatic heterocycles. The number of aromatic nitrogens is 2. The van der Waals surface area contributed by atoms with Crippen molar-refractivity contribution in [3.63, 3.8) is 0 Å². The number of benzene rings is 3. The highest BCUT2D eigenvalue weighted by molar-refractivity contribution is 6.30. The van der Waals surface area contributed by atoms with Gasteiger partial charge in [-0.3, -0.25) is 34.3 Å². The Hall–Kier alpha value is -5.88. The molecular weight excluding hydrogens is 806 g/mol. The molecule has 0 bridgehead atoms. The molecule has 1 unspecified atom stereocenters. The molecule has 5 aliphatic heterocycles. The van der Waals surface area contributed by atoms with Crippen molar-refractivity contribution in [2.45, 2.75) is 63.6 Å². The molecule has 0 saturated carbocycles. The van der Waals surface area contributed by atoms with Gasteiger partial charge in [-0.15, -0.1) is 0 Å². The molecule has 4 fully saturated rings. The van der Waals surface area contributed by atoms with Gasteiger partial charge >= 0.3 is 0 Å². The van der Waals surface area contributed by atoms with Crippen LogP contribution in [-0.4, -0.2) is 119 Å². The van der Waals surface area contributed by atoms with Crippen LogP contribution in [-0.2, 0) is 21.6 Å². The van der Waals surface area contributed by atoms with E-state index >= 15 is 0 Å². The van der Waals surface area contributed by atoms with Crippen molar-refractivity contribution in [3.8, 4) is 11.8 Å². The molecule has 6 heterocycles. The largest absolute Gasteiger partial charge is 0.487 e. The highest BCUT2D eigenvalue weighted by Crippen LogP contribution is 2.36. The molecule has 9 rings (SSSR count). The molecule has 15 heteroatoms. The van der Waals surface area contributed by atoms with Crippen LogP contribution in [0.5, 0.6) is 5.75 Å². The second kappa shape index (κ2) is 17.1. The number of piperazine rings is 1. The minimum absolute atomic E-state index is 0.0995. The first kappa shape index (κ1) is 41.5. The summed E-state index contributed by atoms with van der Waals surface area (Å²) in [6, 6.07) is 22.6. The average Bonchev–Trinajstić information content (AvgIpc) is 3.51. The molecular formula is C47H50ClN9O5. The third-order valence-electron chi connectivity index (χ3n) is 13.3. The van der Waals surface area contributed by atoms with E-state index in [1.807, 2.05) is 42.6 Å². The molecule has 5 aliphatic rings. The number of hydrogen-bond acceptors (Lipinski definition) is 12. The summed E-state index contributed by atoms with van der Waals surface area (Å²) in [5.41, 5.74) is 4.62. The molecule has 14 nitrogen and oxygen atoms in total. The maximum absolute atomic E-state index is 13.3. The highest BCUT2D eigenvalue weighted by atomic mass is 35.5. The lowest BCUT2D eigenvalue weighted by Crippen LogP contribution is -2.56. The number of nitrogens with one attached hydrogen (secondary N) is 1. The predicted molar refractivity (Wildman–Crippen MR) is 233 cm³/mol. The van der Waals surface area contributed by atoms with E-state index in [0.717, 1.165) is 111 Å². The van der Waals surface area contributed by atoms with Crippen LogP contribution in [0.15, 0.2) is 72.9 Å². The number of piperidine rings is 2. The molecule has 1 atom stereocenters. The first-order valence-corrected chi connectivity index (χ1v) is 21.9. The van der Waals surface area contributed by atoms with Crippen LogP contribution in [0.4, 0.5) is 11.6 Å². The van der Waals surface area contributed by atoms with Crippen LogP contribution in [0, 0.1) is 17.2 Å². The lowest BCUT2D eigenvalue weighted by molar-refractivity contribution is -0.136. The molecule has 0 aliphatic carbocycles. The Bertz CT molecular complexity index is 2430. The summed E-state index contributed by atoms with van der Waals surface area (Å²) in [7, 11) is 0. The second-order valence-electron chi connectivity index (χ2n) is 17.6. The van der Waals surface area contributed by atoms with Crippen LogP contribution in [0.3, 0.4) is 0 Å². The fourth-order valence-corrected chi connectivity index (χ4v) is 9.83. The number of carbonyl (C=O) groups is 4. The smallest absolute Gasteiger partial charge is 0.262 e. The lowest BCUT2D eigenvalue weighted by atomic mass is 9.78. The number of ether oxygens (including phenoxy) is 1. The number of halogens is 1. The average molecular weight is 856 g/mol. The van der Waals surface area contributed by atoms with Gasteiger partial charge in [0.2, 0.25) is 17.8 Å². The highest BCUT2D eigenvalue weighted by Gasteiger charge is 2.45. The van der Waals surface area contributed by atoms with Gasteiger partial charge in [0.15, 0.2) is 0 Å². The SMILES string of the molecule is CC(C)(c1ccc(OCc2ccnc(N3CCN(C4CCN(CC5CN(c6ccc7c(c6)C(=O)N(C6CCC(=O)NC6=O)C7=O)C5)CC4)CC3)n2)cc1)c1cc(Cl)cc(C#N)c1. The third kappa shape index (κ3) is 8.36. The zero-order chi connectivity index (χ0) is 43.1. The number of fused-ring (bicyclic) bond motifs is 1. The number of nitriles is 1. The van der Waals surface area contributed by atoms with Gasteiger partial charge in [0.25, 0.3) is 11.8 Å². The van der Waals surface area contributed by atoms with E-state index in [4.69, 9.17) is 21.3 Å². The van der Waals surface area contributed by atoms with Crippen LogP contribution >= 0.6 is 11.6 Å². The normalized spacial score (nSPS) is 20.5. The number of nitrogens with zero attached hydrogens (tertiary/aromatic N) is 8. The van der Waals surface area contributed by atoms with Crippen molar-refractivity contribution in [2.24, 2.45) is 5.92 Å². The van der Waals surface area contributed by atoms with E-state index < -0.39 is 23.8 Å². The van der Waals surface area contributed by atoms with Crippen LogP contribution in [0.1, 0.15) is 82.6 Å². The second-order valence-corrected chi connectivity index (χ2v) is 18.1. The third-order valence-corrected chi connectivity index (χ3v) is 13.6. The number of amides is 4. The summed E-state index contributed by atoms with van der Waals surface area (Å²) in [4.78, 5) is 70.7. The summed E-state index contributed by atoms with van der Waals surface area (Å²) < 4.78 is 6.15. The number of anilines is 2. The standard InChI is InChI=1S/C47H50ClN9O5/c1-47(2,33-21-30(25-49)22-34(48)23-33)32-3-6-38(7-4-32)62-29-35-11-14-50-46(51-35)55-19-17-54(18-20-55)36-12-15-53(16-13-36)26-31-27-56(28-31)37-5-8-39-40(24-37)45(61)57(44(39)60)41-9-10-42(58)52-43(41)59/h3-8,11,14,21-24,31,36,41H,9-10,12-13,15-20,26-29H2,1-2H3,(H,52,58,59). The van der Waals surface area contributed by atoms with Crippen molar-refractivity contribution in [2.75, 3.05) is 68.7 Å². The molecule has 4 saturated heterocycles. The summed E-state index contributed by atoms with van der Waals surface area (Å²) in [5, 5.41) is 12.2.